The molecular formula is C21H20BrNO5S. The van der Waals surface area contributed by atoms with Gasteiger partial charge in [0.15, 0.2) is 5.70 Å². The van der Waals surface area contributed by atoms with E-state index in [2.05, 4.69) is 41.7 Å². The predicted molar refractivity (Wildman–Crippen MR) is 115 cm³/mol. The molecule has 3 rings (SSSR count). The van der Waals surface area contributed by atoms with Crippen LogP contribution in [-0.2, 0) is 25.1 Å². The van der Waals surface area contributed by atoms with Gasteiger partial charge in [-0.2, -0.15) is 8.42 Å². The van der Waals surface area contributed by atoms with Crippen LogP contribution in [0.4, 0.5) is 0 Å². The lowest BCUT2D eigenvalue weighted by atomic mass is 9.87. The molecule has 1 aliphatic heterocycles. The molecule has 0 fully saturated rings. The van der Waals surface area contributed by atoms with Crippen LogP contribution in [0.25, 0.3) is 6.08 Å². The fraction of sp³-hybridized carbons (Fsp3) is 0.238. The molecule has 0 saturated carbocycles. The van der Waals surface area contributed by atoms with Gasteiger partial charge >= 0.3 is 16.1 Å². The summed E-state index contributed by atoms with van der Waals surface area (Å²) in [4.78, 5) is 16.6. The van der Waals surface area contributed by atoms with Crippen molar-refractivity contribution >= 4 is 44.0 Å². The Morgan fingerprint density at radius 1 is 1.10 bits per heavy atom. The van der Waals surface area contributed by atoms with E-state index in [1.807, 2.05) is 24.3 Å². The monoisotopic (exact) mass is 477 g/mol. The van der Waals surface area contributed by atoms with Crippen molar-refractivity contribution in [1.82, 2.24) is 0 Å². The molecule has 0 N–H and O–H groups in total. The summed E-state index contributed by atoms with van der Waals surface area (Å²) in [6.07, 6.45) is 2.39. The van der Waals surface area contributed by atoms with E-state index < -0.39 is 16.1 Å². The molecule has 0 radical (unpaired) electrons. The van der Waals surface area contributed by atoms with Crippen molar-refractivity contribution in [2.45, 2.75) is 26.2 Å². The zero-order chi connectivity index (χ0) is 21.4. The number of esters is 1. The SMILES string of the molecule is CC(C)(C)c1ccc(C2=NC(=Cc3cc(Br)ccc3OS(C)(=O)=O)C(=O)O2)cc1. The number of carbonyl (C=O) groups is 1. The van der Waals surface area contributed by atoms with Crippen molar-refractivity contribution in [2.24, 2.45) is 4.99 Å². The van der Waals surface area contributed by atoms with Crippen molar-refractivity contribution in [3.8, 4) is 5.75 Å². The fourth-order valence-corrected chi connectivity index (χ4v) is 3.52. The van der Waals surface area contributed by atoms with E-state index in [-0.39, 0.29) is 22.8 Å². The minimum Gasteiger partial charge on any atom is -0.402 e. The van der Waals surface area contributed by atoms with Crippen LogP contribution in [0.3, 0.4) is 0 Å². The van der Waals surface area contributed by atoms with Gasteiger partial charge in [0.1, 0.15) is 5.75 Å². The maximum atomic E-state index is 12.3. The molecule has 29 heavy (non-hydrogen) atoms. The summed E-state index contributed by atoms with van der Waals surface area (Å²) < 4.78 is 34.0. The van der Waals surface area contributed by atoms with Crippen LogP contribution in [0, 0.1) is 0 Å². The van der Waals surface area contributed by atoms with Gasteiger partial charge < -0.3 is 8.92 Å². The molecule has 0 amide bonds. The predicted octanol–water partition coefficient (Wildman–Crippen LogP) is 4.43. The van der Waals surface area contributed by atoms with Gasteiger partial charge in [-0.25, -0.2) is 9.79 Å². The molecule has 0 saturated heterocycles. The summed E-state index contributed by atoms with van der Waals surface area (Å²) in [6, 6.07) is 12.4. The van der Waals surface area contributed by atoms with E-state index in [1.165, 1.54) is 12.1 Å². The summed E-state index contributed by atoms with van der Waals surface area (Å²) in [5.74, 6) is -0.332. The van der Waals surface area contributed by atoms with E-state index in [0.717, 1.165) is 11.8 Å². The van der Waals surface area contributed by atoms with E-state index in [4.69, 9.17) is 8.92 Å². The Labute approximate surface area is 178 Å². The Balaban J connectivity index is 1.96. The minimum atomic E-state index is -3.73. The number of rotatable bonds is 4. The third kappa shape index (κ3) is 5.33. The number of nitrogens with zero attached hydrogens (tertiary/aromatic N) is 1. The van der Waals surface area contributed by atoms with E-state index in [0.29, 0.717) is 15.6 Å². The maximum Gasteiger partial charge on any atom is 0.363 e. The number of carbonyl (C=O) groups excluding carboxylic acids is 1. The molecule has 1 aliphatic rings. The molecule has 1 heterocycles. The van der Waals surface area contributed by atoms with Gasteiger partial charge in [0.2, 0.25) is 5.90 Å². The standard InChI is InChI=1S/C21H20BrNO5S/c1-21(2,3)15-7-5-13(6-8-15)19-23-17(20(24)27-19)12-14-11-16(22)9-10-18(14)28-29(4,25)26/h5-12H,1-4H3. The van der Waals surface area contributed by atoms with Gasteiger partial charge in [-0.1, -0.05) is 48.8 Å². The summed E-state index contributed by atoms with van der Waals surface area (Å²) >= 11 is 3.33. The summed E-state index contributed by atoms with van der Waals surface area (Å²) in [7, 11) is -3.73. The van der Waals surface area contributed by atoms with E-state index in [1.54, 1.807) is 12.1 Å². The molecule has 152 valence electrons. The second-order valence-corrected chi connectivity index (χ2v) is 10.1. The highest BCUT2D eigenvalue weighted by Gasteiger charge is 2.25. The lowest BCUT2D eigenvalue weighted by Crippen LogP contribution is -2.11. The Bertz CT molecular complexity index is 1130. The molecule has 0 atom stereocenters. The van der Waals surface area contributed by atoms with Crippen LogP contribution < -0.4 is 4.18 Å². The first kappa shape index (κ1) is 21.3. The highest BCUT2D eigenvalue weighted by atomic mass is 79.9. The van der Waals surface area contributed by atoms with Crippen LogP contribution in [0.1, 0.15) is 37.5 Å². The number of aliphatic imine (C=N–C) groups is 1. The van der Waals surface area contributed by atoms with Crippen LogP contribution in [0.15, 0.2) is 57.6 Å². The third-order valence-electron chi connectivity index (χ3n) is 4.12. The lowest BCUT2D eigenvalue weighted by Gasteiger charge is -2.18. The van der Waals surface area contributed by atoms with Crippen LogP contribution in [0.2, 0.25) is 0 Å². The van der Waals surface area contributed by atoms with Crippen molar-refractivity contribution in [3.05, 3.63) is 69.3 Å². The average molecular weight is 478 g/mol. The van der Waals surface area contributed by atoms with Gasteiger partial charge in [-0.3, -0.25) is 0 Å². The van der Waals surface area contributed by atoms with Crippen LogP contribution >= 0.6 is 15.9 Å². The quantitative estimate of drug-likeness (QED) is 0.369. The molecule has 2 aromatic rings. The normalized spacial score (nSPS) is 16.0. The Hall–Kier alpha value is -2.45. The molecule has 6 nitrogen and oxygen atoms in total. The topological polar surface area (TPSA) is 82.0 Å². The molecule has 8 heteroatoms. The molecular weight excluding hydrogens is 458 g/mol. The Morgan fingerprint density at radius 2 is 1.76 bits per heavy atom. The molecule has 0 unspecified atom stereocenters. The summed E-state index contributed by atoms with van der Waals surface area (Å²) in [6.45, 7) is 6.35. The maximum absolute atomic E-state index is 12.3. The zero-order valence-corrected chi connectivity index (χ0v) is 18.8. The van der Waals surface area contributed by atoms with Crippen molar-refractivity contribution in [1.29, 1.82) is 0 Å². The number of cyclic esters (lactones) is 1. The van der Waals surface area contributed by atoms with Crippen molar-refractivity contribution in [2.75, 3.05) is 6.26 Å². The first-order valence-corrected chi connectivity index (χ1v) is 11.4. The van der Waals surface area contributed by atoms with Crippen LogP contribution in [0.5, 0.6) is 5.75 Å². The second-order valence-electron chi connectivity index (χ2n) is 7.63. The van der Waals surface area contributed by atoms with Gasteiger partial charge in [-0.05, 0) is 47.4 Å². The average Bonchev–Trinajstić information content (AvgIpc) is 2.96. The molecule has 0 aliphatic carbocycles. The highest BCUT2D eigenvalue weighted by molar-refractivity contribution is 9.10. The zero-order valence-electron chi connectivity index (χ0n) is 16.4. The van der Waals surface area contributed by atoms with Gasteiger partial charge in [-0.15, -0.1) is 0 Å². The Morgan fingerprint density at radius 3 is 2.34 bits per heavy atom. The fourth-order valence-electron chi connectivity index (χ4n) is 2.66. The van der Waals surface area contributed by atoms with Crippen LogP contribution in [-0.4, -0.2) is 26.5 Å². The molecule has 0 spiro atoms. The number of benzene rings is 2. The number of hydrogen-bond donors (Lipinski definition) is 0. The summed E-state index contributed by atoms with van der Waals surface area (Å²) in [5.41, 5.74) is 2.27. The highest BCUT2D eigenvalue weighted by Crippen LogP contribution is 2.29. The molecule has 0 aromatic heterocycles. The number of halogens is 1. The summed E-state index contributed by atoms with van der Waals surface area (Å²) in [5, 5.41) is 0. The number of hydrogen-bond acceptors (Lipinski definition) is 6. The molecule has 0 bridgehead atoms. The smallest absolute Gasteiger partial charge is 0.363 e. The number of ether oxygens (including phenoxy) is 1. The van der Waals surface area contributed by atoms with E-state index >= 15 is 0 Å². The third-order valence-corrected chi connectivity index (χ3v) is 5.10. The van der Waals surface area contributed by atoms with Gasteiger partial charge in [0.05, 0.1) is 6.26 Å². The molecule has 2 aromatic carbocycles. The first-order valence-electron chi connectivity index (χ1n) is 8.75. The lowest BCUT2D eigenvalue weighted by molar-refractivity contribution is -0.129. The van der Waals surface area contributed by atoms with Crippen molar-refractivity contribution in [3.63, 3.8) is 0 Å². The van der Waals surface area contributed by atoms with E-state index in [9.17, 15) is 13.2 Å². The second kappa shape index (κ2) is 7.76. The largest absolute Gasteiger partial charge is 0.402 e. The Kier molecular flexibility index (Phi) is 5.69. The first-order chi connectivity index (χ1) is 13.4. The van der Waals surface area contributed by atoms with Gasteiger partial charge in [0, 0.05) is 15.6 Å². The minimum absolute atomic E-state index is 0.00840. The van der Waals surface area contributed by atoms with Crippen molar-refractivity contribution < 1.29 is 22.1 Å². The van der Waals surface area contributed by atoms with Gasteiger partial charge in [0.25, 0.3) is 0 Å².